The molecule has 0 radical (unpaired) electrons. The number of carboxylic acid groups (broad SMARTS) is 1. The first-order valence-electron chi connectivity index (χ1n) is 24.8. The summed E-state index contributed by atoms with van der Waals surface area (Å²) in [6, 6.07) is -1.37. The van der Waals surface area contributed by atoms with Crippen molar-refractivity contribution in [1.82, 2.24) is 26.6 Å². The fourth-order valence-corrected chi connectivity index (χ4v) is 6.80. The van der Waals surface area contributed by atoms with Crippen LogP contribution in [0.1, 0.15) is 109 Å². The molecular weight excluding hydrogens is 907 g/mol. The Morgan fingerprint density at radius 2 is 0.826 bits per heavy atom. The molecule has 1 aliphatic heterocycles. The van der Waals surface area contributed by atoms with Gasteiger partial charge in [-0.1, -0.05) is 77.0 Å². The van der Waals surface area contributed by atoms with Crippen LogP contribution in [-0.2, 0) is 76.3 Å². The van der Waals surface area contributed by atoms with Crippen molar-refractivity contribution in [2.45, 2.75) is 115 Å². The van der Waals surface area contributed by atoms with Crippen LogP contribution in [0.3, 0.4) is 0 Å². The van der Waals surface area contributed by atoms with Gasteiger partial charge >= 0.3 is 5.97 Å². The van der Waals surface area contributed by atoms with Crippen molar-refractivity contribution in [3.63, 3.8) is 0 Å². The fraction of sp³-hybridized carbons (Fsp3) is 0.830. The molecule has 0 saturated carbocycles. The number of aldehydes is 1. The minimum absolute atomic E-state index is 0.0251. The van der Waals surface area contributed by atoms with Gasteiger partial charge in [0.2, 0.25) is 29.5 Å². The van der Waals surface area contributed by atoms with Gasteiger partial charge in [0.25, 0.3) is 0 Å². The van der Waals surface area contributed by atoms with Gasteiger partial charge in [0.1, 0.15) is 44.5 Å². The number of carbonyl (C=O) groups excluding carboxylic acids is 7. The number of carbonyl (C=O) groups is 8. The van der Waals surface area contributed by atoms with Crippen LogP contribution in [0.15, 0.2) is 0 Å². The van der Waals surface area contributed by atoms with Gasteiger partial charge in [0.15, 0.2) is 0 Å². The van der Waals surface area contributed by atoms with E-state index in [0.29, 0.717) is 45.5 Å². The minimum Gasteiger partial charge on any atom is -0.480 e. The second-order valence-electron chi connectivity index (χ2n) is 16.4. The second-order valence-corrected chi connectivity index (χ2v) is 16.4. The molecule has 0 aromatic carbocycles. The predicted molar refractivity (Wildman–Crippen MR) is 251 cm³/mol. The molecule has 1 rings (SSSR count). The van der Waals surface area contributed by atoms with E-state index < -0.39 is 29.7 Å². The average Bonchev–Trinajstić information content (AvgIpc) is 3.32. The molecular formula is C47H83N5O17. The predicted octanol–water partition coefficient (Wildman–Crippen LogP) is 1.18. The number of carboxylic acids is 1. The van der Waals surface area contributed by atoms with Crippen molar-refractivity contribution in [2.75, 3.05) is 132 Å². The summed E-state index contributed by atoms with van der Waals surface area (Å²) in [7, 11) is 0. The highest BCUT2D eigenvalue weighted by Crippen LogP contribution is 2.18. The number of rotatable bonds is 34. The molecule has 0 aromatic heterocycles. The Bertz CT molecular complexity index is 1390. The van der Waals surface area contributed by atoms with Crippen molar-refractivity contribution >= 4 is 47.6 Å². The topological polar surface area (TPSA) is 291 Å². The monoisotopic (exact) mass is 990 g/mol. The summed E-state index contributed by atoms with van der Waals surface area (Å²) in [5, 5.41) is 23.0. The van der Waals surface area contributed by atoms with Crippen LogP contribution in [0, 0.1) is 5.92 Å². The highest BCUT2D eigenvalue weighted by Gasteiger charge is 2.33. The normalized spacial score (nSPS) is 17.3. The van der Waals surface area contributed by atoms with Gasteiger partial charge < -0.3 is 74.4 Å². The number of ether oxygens (including phenoxy) is 8. The first-order chi connectivity index (χ1) is 33.6. The van der Waals surface area contributed by atoms with E-state index in [1.54, 1.807) is 0 Å². The fourth-order valence-electron chi connectivity index (χ4n) is 6.80. The largest absolute Gasteiger partial charge is 0.480 e. The smallest absolute Gasteiger partial charge is 0.326 e. The van der Waals surface area contributed by atoms with Crippen molar-refractivity contribution in [3.8, 4) is 0 Å². The Kier molecular flexibility index (Phi) is 42.1. The Morgan fingerprint density at radius 3 is 1.22 bits per heavy atom. The summed E-state index contributed by atoms with van der Waals surface area (Å²) in [5.41, 5.74) is 0. The maximum absolute atomic E-state index is 13.3. The van der Waals surface area contributed by atoms with Crippen LogP contribution >= 0.6 is 0 Å². The Balaban J connectivity index is 2.12. The Morgan fingerprint density at radius 1 is 0.478 bits per heavy atom. The first-order valence-corrected chi connectivity index (χ1v) is 24.8. The van der Waals surface area contributed by atoms with E-state index in [2.05, 4.69) is 26.6 Å². The van der Waals surface area contributed by atoms with E-state index in [1.807, 2.05) is 0 Å². The summed E-state index contributed by atoms with van der Waals surface area (Å²) in [6.45, 7) is 2.97. The molecule has 1 heterocycles. The van der Waals surface area contributed by atoms with E-state index in [9.17, 15) is 43.5 Å². The quantitative estimate of drug-likeness (QED) is 0.0300. The van der Waals surface area contributed by atoms with Crippen molar-refractivity contribution < 1.29 is 81.4 Å². The van der Waals surface area contributed by atoms with E-state index in [0.717, 1.165) is 38.5 Å². The Labute approximate surface area is 407 Å². The molecule has 5 amide bonds. The summed E-state index contributed by atoms with van der Waals surface area (Å²) >= 11 is 0. The van der Waals surface area contributed by atoms with Crippen molar-refractivity contribution in [2.24, 2.45) is 5.92 Å². The maximum atomic E-state index is 13.3. The lowest BCUT2D eigenvalue weighted by Crippen LogP contribution is -2.46. The molecule has 0 bridgehead atoms. The molecule has 1 aliphatic rings. The molecule has 1 fully saturated rings. The lowest BCUT2D eigenvalue weighted by atomic mass is 9.91. The average molecular weight is 990 g/mol. The zero-order valence-electron chi connectivity index (χ0n) is 40.9. The molecule has 69 heavy (non-hydrogen) atoms. The summed E-state index contributed by atoms with van der Waals surface area (Å²) in [4.78, 5) is 97.1. The molecule has 398 valence electrons. The van der Waals surface area contributed by atoms with Gasteiger partial charge in [0.05, 0.1) is 85.2 Å². The minimum atomic E-state index is -1.37. The molecule has 0 aliphatic carbocycles. The van der Waals surface area contributed by atoms with E-state index in [1.165, 1.54) is 38.5 Å². The molecule has 6 N–H and O–H groups in total. The standard InChI is InChI=1S/C47H83N5O17/c53-21-26-66-28-27-62-22-17-48-43(56)36-67-32-29-63-23-18-49-44(57)37-68-33-30-64-24-19-50-45(58)38-69-34-31-65-25-20-51-46(59)39-35-40(47(60)61)52-42(55)16-14-12-10-8-6-4-2-1-3-5-7-9-11-13-15-41(39)54/h21,39-40H,1-20,22-38H2,(H,48,56)(H,49,57)(H,50,58)(H,51,59)(H,52,55)(H,60,61)/t39?,40-/m0/s1. The number of amides is 5. The van der Waals surface area contributed by atoms with Gasteiger partial charge in [-0.15, -0.1) is 0 Å². The van der Waals surface area contributed by atoms with Crippen LogP contribution < -0.4 is 26.6 Å². The molecule has 22 heteroatoms. The number of ketones is 1. The maximum Gasteiger partial charge on any atom is 0.326 e. The van der Waals surface area contributed by atoms with Gasteiger partial charge in [-0.2, -0.15) is 0 Å². The first kappa shape index (κ1) is 62.9. The Hall–Kier alpha value is -4.16. The number of hydrogen-bond acceptors (Lipinski definition) is 16. The summed E-state index contributed by atoms with van der Waals surface area (Å²) in [5.74, 6) is -4.86. The molecule has 22 nitrogen and oxygen atoms in total. The van der Waals surface area contributed by atoms with Crippen molar-refractivity contribution in [3.05, 3.63) is 0 Å². The SMILES string of the molecule is O=CCOCCOCCNC(=O)COCCOCCNC(=O)COCCOCCNC(=O)COCCOCCNC(=O)C1C[C@@H](C(=O)O)NC(=O)CCCCCCCCCCCCCCCCC1=O. The molecule has 0 spiro atoms. The van der Waals surface area contributed by atoms with Crippen molar-refractivity contribution in [1.29, 1.82) is 0 Å². The zero-order chi connectivity index (χ0) is 50.3. The van der Waals surface area contributed by atoms with Gasteiger partial charge in [-0.3, -0.25) is 28.8 Å². The third-order valence-corrected chi connectivity index (χ3v) is 10.5. The van der Waals surface area contributed by atoms with Crippen LogP contribution in [0.2, 0.25) is 0 Å². The second kappa shape index (κ2) is 46.2. The lowest BCUT2D eigenvalue weighted by molar-refractivity contribution is -0.143. The third kappa shape index (κ3) is 40.3. The summed E-state index contributed by atoms with van der Waals surface area (Å²) in [6.07, 6.45) is 15.2. The number of nitrogens with one attached hydrogen (secondary N) is 5. The van der Waals surface area contributed by atoms with E-state index in [-0.39, 0.29) is 148 Å². The summed E-state index contributed by atoms with van der Waals surface area (Å²) < 4.78 is 42.3. The van der Waals surface area contributed by atoms with E-state index >= 15 is 0 Å². The number of Topliss-reactive ketones (excluding diaryl/α,β-unsaturated/α-hetero) is 1. The zero-order valence-corrected chi connectivity index (χ0v) is 40.9. The van der Waals surface area contributed by atoms with Gasteiger partial charge in [-0.05, 0) is 19.3 Å². The van der Waals surface area contributed by atoms with Gasteiger partial charge in [0, 0.05) is 39.0 Å². The van der Waals surface area contributed by atoms with Crippen LogP contribution in [0.25, 0.3) is 0 Å². The molecule has 2 atom stereocenters. The van der Waals surface area contributed by atoms with Crippen LogP contribution in [0.4, 0.5) is 0 Å². The third-order valence-electron chi connectivity index (χ3n) is 10.5. The van der Waals surface area contributed by atoms with E-state index in [4.69, 9.17) is 37.9 Å². The number of aliphatic carboxylic acids is 1. The molecule has 1 unspecified atom stereocenters. The lowest BCUT2D eigenvalue weighted by Gasteiger charge is -2.21. The highest BCUT2D eigenvalue weighted by atomic mass is 16.5. The van der Waals surface area contributed by atoms with Crippen LogP contribution in [-0.4, -0.2) is 191 Å². The van der Waals surface area contributed by atoms with Gasteiger partial charge in [-0.25, -0.2) is 4.79 Å². The van der Waals surface area contributed by atoms with Crippen LogP contribution in [0.5, 0.6) is 0 Å². The molecule has 1 saturated heterocycles. The molecule has 0 aromatic rings. The number of hydrogen-bond donors (Lipinski definition) is 6. The highest BCUT2D eigenvalue weighted by molar-refractivity contribution is 6.02.